The minimum Gasteiger partial charge on any atom is -0.504 e. The third-order valence-corrected chi connectivity index (χ3v) is 3.31. The second-order valence-electron chi connectivity index (χ2n) is 4.79. The van der Waals surface area contributed by atoms with Crippen molar-refractivity contribution in [2.45, 2.75) is 6.42 Å². The second kappa shape index (κ2) is 5.66. The highest BCUT2D eigenvalue weighted by atomic mass is 16.3. The summed E-state index contributed by atoms with van der Waals surface area (Å²) < 4.78 is 0. The Bertz CT molecular complexity index is 793. The first kappa shape index (κ1) is 13.2. The van der Waals surface area contributed by atoms with Crippen LogP contribution < -0.4 is 0 Å². The summed E-state index contributed by atoms with van der Waals surface area (Å²) in [7, 11) is 0. The molecule has 0 bridgehead atoms. The molecular weight excluding hydrogens is 266 g/mol. The van der Waals surface area contributed by atoms with E-state index in [9.17, 15) is 10.2 Å². The van der Waals surface area contributed by atoms with Gasteiger partial charge in [-0.25, -0.2) is 0 Å². The van der Waals surface area contributed by atoms with Gasteiger partial charge in [0.2, 0.25) is 0 Å². The summed E-state index contributed by atoms with van der Waals surface area (Å²) in [6.07, 6.45) is 4.30. The van der Waals surface area contributed by atoms with E-state index in [4.69, 9.17) is 0 Å². The first-order chi connectivity index (χ1) is 10.2. The lowest BCUT2D eigenvalue weighted by Gasteiger charge is -2.01. The number of aliphatic imine (C=N–C) groups is 1. The van der Waals surface area contributed by atoms with Crippen LogP contribution in [0.5, 0.6) is 11.5 Å². The summed E-state index contributed by atoms with van der Waals surface area (Å²) in [5, 5.41) is 26.7. The van der Waals surface area contributed by atoms with Gasteiger partial charge in [-0.1, -0.05) is 24.3 Å². The number of aromatic nitrogens is 2. The lowest BCUT2D eigenvalue weighted by molar-refractivity contribution is 0.403. The van der Waals surface area contributed by atoms with Crippen molar-refractivity contribution >= 4 is 17.1 Å². The number of hydrogen-bond donors (Lipinski definition) is 3. The van der Waals surface area contributed by atoms with Gasteiger partial charge in [-0.2, -0.15) is 5.10 Å². The highest BCUT2D eigenvalue weighted by Gasteiger charge is 2.01. The smallest absolute Gasteiger partial charge is 0.157 e. The molecule has 0 spiro atoms. The van der Waals surface area contributed by atoms with Gasteiger partial charge in [-0.3, -0.25) is 10.1 Å². The zero-order valence-corrected chi connectivity index (χ0v) is 11.3. The predicted octanol–water partition coefficient (Wildman–Crippen LogP) is 2.64. The van der Waals surface area contributed by atoms with Crippen LogP contribution in [0, 0.1) is 0 Å². The van der Waals surface area contributed by atoms with E-state index in [2.05, 4.69) is 15.2 Å². The van der Waals surface area contributed by atoms with Crippen molar-refractivity contribution in [3.8, 4) is 11.5 Å². The fraction of sp³-hybridized carbons (Fsp3) is 0.125. The summed E-state index contributed by atoms with van der Waals surface area (Å²) >= 11 is 0. The van der Waals surface area contributed by atoms with E-state index in [1.165, 1.54) is 6.07 Å². The molecule has 3 rings (SSSR count). The zero-order valence-electron chi connectivity index (χ0n) is 11.3. The molecule has 0 aliphatic rings. The van der Waals surface area contributed by atoms with Crippen molar-refractivity contribution < 1.29 is 10.2 Å². The molecule has 5 heteroatoms. The van der Waals surface area contributed by atoms with E-state index in [1.807, 2.05) is 24.4 Å². The standard InChI is InChI=1S/C16H15N3O2/c20-14-5-4-11(8-15(14)21)6-7-17-9-12-2-1-3-13-10-18-19-16(12)13/h1-5,8-10,20-21H,6-7H2,(H,18,19). The van der Waals surface area contributed by atoms with Gasteiger partial charge in [0.1, 0.15) is 0 Å². The molecule has 0 amide bonds. The molecular formula is C16H15N3O2. The molecule has 0 atom stereocenters. The van der Waals surface area contributed by atoms with E-state index in [0.29, 0.717) is 13.0 Å². The summed E-state index contributed by atoms with van der Waals surface area (Å²) in [5.41, 5.74) is 2.91. The van der Waals surface area contributed by atoms with E-state index in [-0.39, 0.29) is 11.5 Å². The zero-order chi connectivity index (χ0) is 14.7. The number of para-hydroxylation sites is 1. The molecule has 0 aliphatic heterocycles. The highest BCUT2D eigenvalue weighted by molar-refractivity contribution is 5.97. The van der Waals surface area contributed by atoms with Crippen LogP contribution in [0.15, 0.2) is 47.6 Å². The maximum atomic E-state index is 9.43. The monoisotopic (exact) mass is 281 g/mol. The van der Waals surface area contributed by atoms with Crippen LogP contribution in [-0.2, 0) is 6.42 Å². The van der Waals surface area contributed by atoms with Gasteiger partial charge in [0, 0.05) is 23.7 Å². The summed E-state index contributed by atoms with van der Waals surface area (Å²) in [5.74, 6) is -0.202. The molecule has 106 valence electrons. The Morgan fingerprint density at radius 2 is 2.05 bits per heavy atom. The molecule has 1 heterocycles. The van der Waals surface area contributed by atoms with Gasteiger partial charge in [-0.15, -0.1) is 0 Å². The van der Waals surface area contributed by atoms with Crippen molar-refractivity contribution in [2.24, 2.45) is 4.99 Å². The molecule has 0 aliphatic carbocycles. The van der Waals surface area contributed by atoms with Crippen LogP contribution in [0.3, 0.4) is 0 Å². The molecule has 0 fully saturated rings. The van der Waals surface area contributed by atoms with Gasteiger partial charge < -0.3 is 10.2 Å². The normalized spacial score (nSPS) is 11.4. The number of aromatic hydroxyl groups is 2. The molecule has 0 unspecified atom stereocenters. The highest BCUT2D eigenvalue weighted by Crippen LogP contribution is 2.24. The molecule has 0 saturated heterocycles. The van der Waals surface area contributed by atoms with Crippen LogP contribution >= 0.6 is 0 Å². The Labute approximate surface area is 121 Å². The van der Waals surface area contributed by atoms with Crippen LogP contribution in [0.1, 0.15) is 11.1 Å². The van der Waals surface area contributed by atoms with E-state index < -0.39 is 0 Å². The summed E-state index contributed by atoms with van der Waals surface area (Å²) in [4.78, 5) is 4.40. The summed E-state index contributed by atoms with van der Waals surface area (Å²) in [6.45, 7) is 0.606. The average Bonchev–Trinajstić information content (AvgIpc) is 2.96. The van der Waals surface area contributed by atoms with Crippen LogP contribution in [-0.4, -0.2) is 33.2 Å². The minimum atomic E-state index is -0.104. The average molecular weight is 281 g/mol. The van der Waals surface area contributed by atoms with E-state index >= 15 is 0 Å². The number of phenols is 2. The SMILES string of the molecule is Oc1ccc(CCN=Cc2cccc3cn[nH]c23)cc1O. The number of H-pyrrole nitrogens is 1. The fourth-order valence-corrected chi connectivity index (χ4v) is 2.18. The third kappa shape index (κ3) is 2.86. The number of hydrogen-bond acceptors (Lipinski definition) is 4. The summed E-state index contributed by atoms with van der Waals surface area (Å²) in [6, 6.07) is 10.8. The Morgan fingerprint density at radius 3 is 2.90 bits per heavy atom. The lowest BCUT2D eigenvalue weighted by Crippen LogP contribution is -1.91. The van der Waals surface area contributed by atoms with Crippen molar-refractivity contribution in [2.75, 3.05) is 6.54 Å². The van der Waals surface area contributed by atoms with Gasteiger partial charge in [-0.05, 0) is 24.1 Å². The van der Waals surface area contributed by atoms with E-state index in [0.717, 1.165) is 22.0 Å². The number of benzene rings is 2. The lowest BCUT2D eigenvalue weighted by atomic mass is 10.1. The largest absolute Gasteiger partial charge is 0.504 e. The first-order valence-electron chi connectivity index (χ1n) is 6.67. The Morgan fingerprint density at radius 1 is 1.14 bits per heavy atom. The van der Waals surface area contributed by atoms with Crippen LogP contribution in [0.25, 0.3) is 10.9 Å². The van der Waals surface area contributed by atoms with E-state index in [1.54, 1.807) is 18.3 Å². The Balaban J connectivity index is 1.67. The molecule has 0 saturated carbocycles. The topological polar surface area (TPSA) is 81.5 Å². The predicted molar refractivity (Wildman–Crippen MR) is 82.0 cm³/mol. The molecule has 0 radical (unpaired) electrons. The fourth-order valence-electron chi connectivity index (χ4n) is 2.18. The molecule has 2 aromatic carbocycles. The number of aromatic amines is 1. The van der Waals surface area contributed by atoms with Gasteiger partial charge >= 0.3 is 0 Å². The van der Waals surface area contributed by atoms with Crippen LogP contribution in [0.2, 0.25) is 0 Å². The minimum absolute atomic E-state index is 0.0984. The first-order valence-corrected chi connectivity index (χ1v) is 6.67. The Hall–Kier alpha value is -2.82. The molecule has 1 aromatic heterocycles. The second-order valence-corrected chi connectivity index (χ2v) is 4.79. The van der Waals surface area contributed by atoms with Crippen LogP contribution in [0.4, 0.5) is 0 Å². The van der Waals surface area contributed by atoms with Gasteiger partial charge in [0.25, 0.3) is 0 Å². The maximum Gasteiger partial charge on any atom is 0.157 e. The third-order valence-electron chi connectivity index (χ3n) is 3.31. The maximum absolute atomic E-state index is 9.43. The molecule has 5 nitrogen and oxygen atoms in total. The molecule has 21 heavy (non-hydrogen) atoms. The number of nitrogens with one attached hydrogen (secondary N) is 1. The van der Waals surface area contributed by atoms with Gasteiger partial charge in [0.05, 0.1) is 11.7 Å². The quantitative estimate of drug-likeness (QED) is 0.508. The van der Waals surface area contributed by atoms with Crippen molar-refractivity contribution in [3.05, 3.63) is 53.7 Å². The van der Waals surface area contributed by atoms with Gasteiger partial charge in [0.15, 0.2) is 11.5 Å². The van der Waals surface area contributed by atoms with Crippen molar-refractivity contribution in [1.29, 1.82) is 0 Å². The number of fused-ring (bicyclic) bond motifs is 1. The number of rotatable bonds is 4. The number of nitrogens with zero attached hydrogens (tertiary/aromatic N) is 2. The van der Waals surface area contributed by atoms with Crippen molar-refractivity contribution in [3.63, 3.8) is 0 Å². The molecule has 3 N–H and O–H groups in total. The number of phenolic OH excluding ortho intramolecular Hbond substituents is 2. The Kier molecular flexibility index (Phi) is 3.55. The molecule has 3 aromatic rings. The van der Waals surface area contributed by atoms with Crippen molar-refractivity contribution in [1.82, 2.24) is 10.2 Å².